The van der Waals surface area contributed by atoms with Gasteiger partial charge in [0.05, 0.1) is 66.9 Å². The maximum Gasteiger partial charge on any atom is 0.251 e. The van der Waals surface area contributed by atoms with Gasteiger partial charge in [-0.15, -0.1) is 0 Å². The molecule has 0 aliphatic heterocycles. The lowest BCUT2D eigenvalue weighted by Gasteiger charge is -2.11. The number of carbonyl (C=O) groups excluding carboxylic acids is 4. The van der Waals surface area contributed by atoms with Crippen molar-refractivity contribution in [1.29, 1.82) is 0 Å². The molecule has 0 saturated carbocycles. The van der Waals surface area contributed by atoms with Crippen LogP contribution in [0.2, 0.25) is 0 Å². The van der Waals surface area contributed by atoms with Crippen molar-refractivity contribution in [2.45, 2.75) is 141 Å². The highest BCUT2D eigenvalue weighted by Gasteiger charge is 2.22. The molecule has 0 aliphatic carbocycles. The zero-order valence-electron chi connectivity index (χ0n) is 68.0. The fourth-order valence-corrected chi connectivity index (χ4v) is 13.3. The predicted molar refractivity (Wildman–Crippen MR) is 463 cm³/mol. The Kier molecular flexibility index (Phi) is 25.3. The number of nitrogens with zero attached hydrogens (tertiary/aromatic N) is 8. The van der Waals surface area contributed by atoms with Crippen LogP contribution >= 0.6 is 0 Å². The van der Waals surface area contributed by atoms with Crippen LogP contribution in [0.4, 0.5) is 0 Å². The monoisotopic (exact) mass is 1550 g/mol. The van der Waals surface area contributed by atoms with Gasteiger partial charge >= 0.3 is 0 Å². The van der Waals surface area contributed by atoms with Gasteiger partial charge in [0.2, 0.25) is 0 Å². The first-order valence-electron chi connectivity index (χ1n) is 39.8. The Morgan fingerprint density at radius 2 is 0.543 bits per heavy atom. The van der Waals surface area contributed by atoms with Crippen LogP contribution in [0.1, 0.15) is 167 Å². The van der Waals surface area contributed by atoms with E-state index in [1.807, 2.05) is 239 Å². The van der Waals surface area contributed by atoms with Crippen LogP contribution in [-0.2, 0) is 0 Å². The summed E-state index contributed by atoms with van der Waals surface area (Å²) in [7, 11) is 0. The van der Waals surface area contributed by atoms with E-state index in [2.05, 4.69) is 102 Å². The second-order valence-electron chi connectivity index (χ2n) is 29.2. The Bertz CT molecular complexity index is 6110. The summed E-state index contributed by atoms with van der Waals surface area (Å²) in [6.07, 6.45) is 7.09. The molecule has 1 unspecified atom stereocenters. The van der Waals surface area contributed by atoms with Crippen LogP contribution < -0.4 is 21.3 Å². The molecule has 8 heterocycles. The molecule has 1 atom stereocenters. The van der Waals surface area contributed by atoms with Crippen LogP contribution in [-0.4, -0.2) is 129 Å². The number of hydrogen-bond donors (Lipinski definition) is 12. The molecule has 16 rings (SSSR count). The summed E-state index contributed by atoms with van der Waals surface area (Å²) in [6.45, 7) is 28.4. The Morgan fingerprint density at radius 1 is 0.293 bits per heavy atom. The molecular weight excluding hydrogens is 1450 g/mol. The standard InChI is InChI=1S/C24H27N5O.2C23H25N5O.C22H23N5O/c1-4-5-8-13-25-24(30)17-11-12-20-21(14-17)29-23(28-20)19-10-7-6-9-18(19)22-26-15(2)16(3)27-22;1-5-13(2)24-23(29)16-10-11-19-20(12-16)28-22(27-19)18-9-7-6-8-17(18)21-25-14(3)15(4)26-21;1-4-5-12-24-23(29)16-10-11-19-20(13-16)28-22(27-19)18-9-7-6-8-17(18)21-25-14(2)15(3)26-21;1-4-11-23-22(28)15-9-10-18-19(12-15)27-21(26-18)17-8-6-5-7-16(17)20-24-13(2)14(3)25-20/h6-7,9-12,14H,4-5,8,13H2,1-3H3,(H,25,30)(H,26,27)(H,28,29);6-13H,5H2,1-4H3,(H,24,29)(H,25,26)(H,27,28);6-11,13H,4-5,12H2,1-3H3,(H,24,29)(H,25,26)(H,27,28);5-10,12H,4,11H2,1-3H3,(H,23,28)(H,24,25)(H,26,27). The van der Waals surface area contributed by atoms with Crippen molar-refractivity contribution in [2.75, 3.05) is 19.6 Å². The minimum atomic E-state index is -0.0701. The van der Waals surface area contributed by atoms with Gasteiger partial charge in [-0.25, -0.2) is 39.9 Å². The molecule has 8 aromatic carbocycles. The van der Waals surface area contributed by atoms with Crippen molar-refractivity contribution in [3.05, 3.63) is 238 Å². The average Bonchev–Trinajstić information content (AvgIpc) is 1.65. The lowest BCUT2D eigenvalue weighted by atomic mass is 10.1. The fraction of sp³-hybridized carbons (Fsp3) is 0.261. The molecule has 16 aromatic rings. The number of aromatic nitrogens is 16. The molecule has 592 valence electrons. The van der Waals surface area contributed by atoms with Gasteiger partial charge in [-0.3, -0.25) is 19.2 Å². The molecule has 116 heavy (non-hydrogen) atoms. The molecule has 0 bridgehead atoms. The third-order valence-corrected chi connectivity index (χ3v) is 20.6. The topological polar surface area (TPSA) is 346 Å². The lowest BCUT2D eigenvalue weighted by Crippen LogP contribution is -2.31. The number of amides is 4. The van der Waals surface area contributed by atoms with E-state index >= 15 is 0 Å². The van der Waals surface area contributed by atoms with Crippen molar-refractivity contribution in [3.8, 4) is 91.1 Å². The van der Waals surface area contributed by atoms with E-state index in [0.717, 1.165) is 226 Å². The van der Waals surface area contributed by atoms with Crippen molar-refractivity contribution < 1.29 is 19.2 Å². The molecular formula is C92H100N20O4. The largest absolute Gasteiger partial charge is 0.352 e. The average molecular weight is 1550 g/mol. The summed E-state index contributed by atoms with van der Waals surface area (Å²) in [5.41, 5.74) is 25.1. The lowest BCUT2D eigenvalue weighted by molar-refractivity contribution is 0.0933. The van der Waals surface area contributed by atoms with E-state index in [1.54, 1.807) is 0 Å². The molecule has 0 spiro atoms. The first-order chi connectivity index (χ1) is 56.1. The first kappa shape index (κ1) is 80.4. The Hall–Kier alpha value is -13.6. The third-order valence-electron chi connectivity index (χ3n) is 20.6. The summed E-state index contributed by atoms with van der Waals surface area (Å²) in [6, 6.07) is 54.5. The van der Waals surface area contributed by atoms with Crippen LogP contribution in [0.15, 0.2) is 170 Å². The van der Waals surface area contributed by atoms with Crippen molar-refractivity contribution in [3.63, 3.8) is 0 Å². The number of benzene rings is 8. The summed E-state index contributed by atoms with van der Waals surface area (Å²) >= 11 is 0. The number of rotatable bonds is 23. The second kappa shape index (κ2) is 36.4. The Labute approximate surface area is 673 Å². The molecule has 0 saturated heterocycles. The Morgan fingerprint density at radius 3 is 0.784 bits per heavy atom. The van der Waals surface area contributed by atoms with E-state index < -0.39 is 0 Å². The number of hydrogen-bond acceptors (Lipinski definition) is 12. The van der Waals surface area contributed by atoms with Gasteiger partial charge in [0.25, 0.3) is 23.6 Å². The number of aromatic amines is 8. The minimum absolute atomic E-state index is 0.0499. The molecule has 8 aromatic heterocycles. The first-order valence-corrected chi connectivity index (χ1v) is 39.8. The zero-order chi connectivity index (χ0) is 81.7. The summed E-state index contributed by atoms with van der Waals surface area (Å²) in [5.74, 6) is 6.07. The maximum atomic E-state index is 12.4. The smallest absolute Gasteiger partial charge is 0.251 e. The van der Waals surface area contributed by atoms with Crippen molar-refractivity contribution in [1.82, 2.24) is 101 Å². The number of nitrogens with one attached hydrogen (secondary N) is 12. The van der Waals surface area contributed by atoms with E-state index in [1.165, 1.54) is 0 Å². The number of unbranched alkanes of at least 4 members (excludes halogenated alkanes) is 3. The van der Waals surface area contributed by atoms with Crippen LogP contribution in [0, 0.1) is 55.4 Å². The molecule has 4 amide bonds. The van der Waals surface area contributed by atoms with Gasteiger partial charge in [-0.1, -0.05) is 144 Å². The fourth-order valence-electron chi connectivity index (χ4n) is 13.3. The Balaban J connectivity index is 0.000000135. The van der Waals surface area contributed by atoms with Gasteiger partial charge in [0.1, 0.15) is 46.6 Å². The number of H-pyrrole nitrogens is 8. The second-order valence-corrected chi connectivity index (χ2v) is 29.2. The molecule has 24 heteroatoms. The molecule has 0 radical (unpaired) electrons. The number of aryl methyl sites for hydroxylation is 8. The van der Waals surface area contributed by atoms with Crippen LogP contribution in [0.5, 0.6) is 0 Å². The predicted octanol–water partition coefficient (Wildman–Crippen LogP) is 19.1. The number of fused-ring (bicyclic) bond motifs is 4. The maximum absolute atomic E-state index is 12.4. The molecule has 0 fully saturated rings. The van der Waals surface area contributed by atoms with Gasteiger partial charge in [0, 0.05) is 115 Å². The quantitative estimate of drug-likeness (QED) is 0.0266. The molecule has 12 N–H and O–H groups in total. The highest BCUT2D eigenvalue weighted by Crippen LogP contribution is 2.36. The molecule has 0 aliphatic rings. The summed E-state index contributed by atoms with van der Waals surface area (Å²) in [4.78, 5) is 114. The summed E-state index contributed by atoms with van der Waals surface area (Å²) in [5, 5.41) is 11.9. The highest BCUT2D eigenvalue weighted by molar-refractivity contribution is 6.01. The third kappa shape index (κ3) is 18.5. The SMILES string of the molecule is CCC(C)NC(=O)c1ccc2nc(-c3ccccc3-c3nc(C)c(C)[nH]3)[nH]c2c1.CCCCCNC(=O)c1ccc2nc(-c3ccccc3-c3nc(C)c(C)[nH]3)[nH]c2c1.CCCCNC(=O)c1ccc2nc(-c3ccccc3-c3nc(C)c(C)[nH]3)[nH]c2c1.CCCNC(=O)c1ccc2nc(-c3ccccc3-c3nc(C)c(C)[nH]3)[nH]c2c1. The van der Waals surface area contributed by atoms with E-state index in [4.69, 9.17) is 19.9 Å². The van der Waals surface area contributed by atoms with Crippen molar-refractivity contribution in [2.24, 2.45) is 0 Å². The highest BCUT2D eigenvalue weighted by atomic mass is 16.2. The van der Waals surface area contributed by atoms with E-state index in [9.17, 15) is 19.2 Å². The van der Waals surface area contributed by atoms with Gasteiger partial charge in [-0.05, 0) is 161 Å². The zero-order valence-corrected chi connectivity index (χ0v) is 68.0. The van der Waals surface area contributed by atoms with Gasteiger partial charge < -0.3 is 61.1 Å². The van der Waals surface area contributed by atoms with Crippen molar-refractivity contribution >= 4 is 67.8 Å². The summed E-state index contributed by atoms with van der Waals surface area (Å²) < 4.78 is 0. The van der Waals surface area contributed by atoms with Crippen LogP contribution in [0.3, 0.4) is 0 Å². The van der Waals surface area contributed by atoms with Crippen LogP contribution in [0.25, 0.3) is 135 Å². The van der Waals surface area contributed by atoms with Gasteiger partial charge in [0.15, 0.2) is 0 Å². The number of carbonyl (C=O) groups is 4. The van der Waals surface area contributed by atoms with E-state index in [0.29, 0.717) is 41.9 Å². The normalized spacial score (nSPS) is 11.4. The number of imidazole rings is 8. The molecule has 24 nitrogen and oxygen atoms in total. The minimum Gasteiger partial charge on any atom is -0.352 e. The van der Waals surface area contributed by atoms with E-state index in [-0.39, 0.29) is 29.7 Å². The van der Waals surface area contributed by atoms with Gasteiger partial charge in [-0.2, -0.15) is 0 Å².